The van der Waals surface area contributed by atoms with Crippen LogP contribution in [0.4, 0.5) is 0 Å². The predicted octanol–water partition coefficient (Wildman–Crippen LogP) is 0.696. The number of carbonyl (C=O) groups is 1. The highest BCUT2D eigenvalue weighted by molar-refractivity contribution is 5.77. The van der Waals surface area contributed by atoms with Gasteiger partial charge in [-0.2, -0.15) is 0 Å². The van der Waals surface area contributed by atoms with Gasteiger partial charge in [-0.3, -0.25) is 4.79 Å². The Morgan fingerprint density at radius 3 is 2.25 bits per heavy atom. The van der Waals surface area contributed by atoms with Crippen molar-refractivity contribution in [2.45, 2.75) is 20.8 Å². The zero-order valence-electron chi connectivity index (χ0n) is 8.50. The second-order valence-electron chi connectivity index (χ2n) is 3.71. The summed E-state index contributed by atoms with van der Waals surface area (Å²) < 4.78 is 0. The van der Waals surface area contributed by atoms with Crippen LogP contribution in [0, 0.1) is 11.8 Å². The van der Waals surface area contributed by atoms with E-state index in [0.29, 0.717) is 12.5 Å². The number of amides is 1. The average Bonchev–Trinajstić information content (AvgIpc) is 2.02. The maximum absolute atomic E-state index is 11.4. The van der Waals surface area contributed by atoms with Crippen molar-refractivity contribution in [1.29, 1.82) is 0 Å². The van der Waals surface area contributed by atoms with E-state index in [1.807, 2.05) is 27.8 Å². The Morgan fingerprint density at radius 1 is 1.42 bits per heavy atom. The fourth-order valence-electron chi connectivity index (χ4n) is 1.07. The van der Waals surface area contributed by atoms with Gasteiger partial charge in [0.05, 0.1) is 0 Å². The second-order valence-corrected chi connectivity index (χ2v) is 3.71. The van der Waals surface area contributed by atoms with Crippen molar-refractivity contribution >= 4 is 5.91 Å². The zero-order chi connectivity index (χ0) is 9.72. The van der Waals surface area contributed by atoms with Crippen LogP contribution in [0.5, 0.6) is 0 Å². The zero-order valence-corrected chi connectivity index (χ0v) is 8.50. The average molecular weight is 172 g/mol. The number of hydrogen-bond donors (Lipinski definition) is 1. The summed E-state index contributed by atoms with van der Waals surface area (Å²) in [4.78, 5) is 13.1. The minimum absolute atomic E-state index is 0.0833. The van der Waals surface area contributed by atoms with E-state index in [1.165, 1.54) is 0 Å². The van der Waals surface area contributed by atoms with Gasteiger partial charge < -0.3 is 10.6 Å². The van der Waals surface area contributed by atoms with Crippen molar-refractivity contribution < 1.29 is 4.79 Å². The number of hydrogen-bond acceptors (Lipinski definition) is 2. The fraction of sp³-hybridized carbons (Fsp3) is 0.889. The Labute approximate surface area is 74.9 Å². The van der Waals surface area contributed by atoms with Gasteiger partial charge in [-0.1, -0.05) is 20.8 Å². The lowest BCUT2D eigenvalue weighted by molar-refractivity contribution is -0.133. The molecular weight excluding hydrogens is 152 g/mol. The van der Waals surface area contributed by atoms with Crippen LogP contribution in [0.1, 0.15) is 20.8 Å². The van der Waals surface area contributed by atoms with Gasteiger partial charge in [0.15, 0.2) is 0 Å². The minimum atomic E-state index is 0.0833. The summed E-state index contributed by atoms with van der Waals surface area (Å²) in [6.07, 6.45) is 0. The molecule has 0 aliphatic heterocycles. The molecule has 0 aromatic rings. The van der Waals surface area contributed by atoms with Gasteiger partial charge in [-0.25, -0.2) is 0 Å². The molecule has 1 atom stereocenters. The van der Waals surface area contributed by atoms with Crippen molar-refractivity contribution in [3.8, 4) is 0 Å². The Bertz CT molecular complexity index is 145. The van der Waals surface area contributed by atoms with E-state index >= 15 is 0 Å². The summed E-state index contributed by atoms with van der Waals surface area (Å²) in [6.45, 7) is 7.26. The molecular formula is C9H20N2O. The van der Waals surface area contributed by atoms with E-state index in [-0.39, 0.29) is 11.8 Å². The van der Waals surface area contributed by atoms with Gasteiger partial charge in [0.2, 0.25) is 5.91 Å². The summed E-state index contributed by atoms with van der Waals surface area (Å²) in [5, 5.41) is 0. The number of rotatable bonds is 4. The van der Waals surface area contributed by atoms with E-state index in [0.717, 1.165) is 6.54 Å². The maximum Gasteiger partial charge on any atom is 0.224 e. The Morgan fingerprint density at radius 2 is 1.92 bits per heavy atom. The molecule has 0 radical (unpaired) electrons. The smallest absolute Gasteiger partial charge is 0.224 e. The molecule has 2 N–H and O–H groups in total. The van der Waals surface area contributed by atoms with E-state index < -0.39 is 0 Å². The first kappa shape index (κ1) is 11.4. The molecule has 1 unspecified atom stereocenters. The number of nitrogens with zero attached hydrogens (tertiary/aromatic N) is 1. The molecule has 0 heterocycles. The summed E-state index contributed by atoms with van der Waals surface area (Å²) in [6, 6.07) is 0. The lowest BCUT2D eigenvalue weighted by atomic mass is 10.1. The van der Waals surface area contributed by atoms with Crippen molar-refractivity contribution in [3.05, 3.63) is 0 Å². The highest BCUT2D eigenvalue weighted by Crippen LogP contribution is 2.02. The van der Waals surface area contributed by atoms with Crippen molar-refractivity contribution in [3.63, 3.8) is 0 Å². The topological polar surface area (TPSA) is 46.3 Å². The van der Waals surface area contributed by atoms with Crippen LogP contribution in [-0.4, -0.2) is 30.9 Å². The molecule has 72 valence electrons. The summed E-state index contributed by atoms with van der Waals surface area (Å²) >= 11 is 0. The molecule has 0 spiro atoms. The highest BCUT2D eigenvalue weighted by Gasteiger charge is 2.14. The molecule has 0 aromatic carbocycles. The third-order valence-electron chi connectivity index (χ3n) is 1.86. The molecule has 0 saturated carbocycles. The first-order valence-electron chi connectivity index (χ1n) is 4.44. The molecule has 3 nitrogen and oxygen atoms in total. The normalized spacial score (nSPS) is 13.2. The van der Waals surface area contributed by atoms with Gasteiger partial charge in [0.1, 0.15) is 0 Å². The van der Waals surface area contributed by atoms with Crippen molar-refractivity contribution in [1.82, 2.24) is 4.90 Å². The Kier molecular flexibility index (Phi) is 4.90. The summed E-state index contributed by atoms with van der Waals surface area (Å²) in [7, 11) is 1.83. The van der Waals surface area contributed by atoms with Crippen molar-refractivity contribution in [2.75, 3.05) is 20.1 Å². The standard InChI is InChI=1S/C9H20N2O/c1-7(2)9(12)11(4)6-8(3)5-10/h7-8H,5-6,10H2,1-4H3. The molecule has 0 saturated heterocycles. The summed E-state index contributed by atoms with van der Waals surface area (Å²) in [5.74, 6) is 0.660. The third-order valence-corrected chi connectivity index (χ3v) is 1.86. The molecule has 12 heavy (non-hydrogen) atoms. The monoisotopic (exact) mass is 172 g/mol. The predicted molar refractivity (Wildman–Crippen MR) is 50.7 cm³/mol. The van der Waals surface area contributed by atoms with Gasteiger partial charge in [-0.15, -0.1) is 0 Å². The Balaban J connectivity index is 3.86. The SMILES string of the molecule is CC(CN)CN(C)C(=O)C(C)C. The number of nitrogens with two attached hydrogens (primary N) is 1. The minimum Gasteiger partial charge on any atom is -0.345 e. The van der Waals surface area contributed by atoms with Gasteiger partial charge >= 0.3 is 0 Å². The largest absolute Gasteiger partial charge is 0.345 e. The third kappa shape index (κ3) is 3.72. The van der Waals surface area contributed by atoms with Gasteiger partial charge in [0, 0.05) is 19.5 Å². The molecule has 1 amide bonds. The van der Waals surface area contributed by atoms with E-state index in [1.54, 1.807) is 4.90 Å². The first-order valence-corrected chi connectivity index (χ1v) is 4.44. The summed E-state index contributed by atoms with van der Waals surface area (Å²) in [5.41, 5.74) is 5.46. The van der Waals surface area contributed by atoms with Crippen LogP contribution < -0.4 is 5.73 Å². The maximum atomic E-state index is 11.4. The lowest BCUT2D eigenvalue weighted by Gasteiger charge is -2.22. The van der Waals surface area contributed by atoms with Crippen LogP contribution in [-0.2, 0) is 4.79 Å². The highest BCUT2D eigenvalue weighted by atomic mass is 16.2. The van der Waals surface area contributed by atoms with Crippen LogP contribution in [0.15, 0.2) is 0 Å². The number of carbonyl (C=O) groups excluding carboxylic acids is 1. The van der Waals surface area contributed by atoms with E-state index in [9.17, 15) is 4.79 Å². The van der Waals surface area contributed by atoms with Gasteiger partial charge in [-0.05, 0) is 12.5 Å². The quantitative estimate of drug-likeness (QED) is 0.678. The molecule has 0 rings (SSSR count). The lowest BCUT2D eigenvalue weighted by Crippen LogP contribution is -2.35. The second kappa shape index (κ2) is 5.14. The molecule has 0 bridgehead atoms. The molecule has 0 aliphatic carbocycles. The Hall–Kier alpha value is -0.570. The molecule has 0 aliphatic rings. The van der Waals surface area contributed by atoms with Crippen LogP contribution >= 0.6 is 0 Å². The van der Waals surface area contributed by atoms with E-state index in [4.69, 9.17) is 5.73 Å². The fourth-order valence-corrected chi connectivity index (χ4v) is 1.07. The molecule has 0 fully saturated rings. The molecule has 0 aromatic heterocycles. The van der Waals surface area contributed by atoms with Crippen molar-refractivity contribution in [2.24, 2.45) is 17.6 Å². The van der Waals surface area contributed by atoms with Crippen LogP contribution in [0.2, 0.25) is 0 Å². The van der Waals surface area contributed by atoms with Crippen LogP contribution in [0.3, 0.4) is 0 Å². The molecule has 3 heteroatoms. The van der Waals surface area contributed by atoms with Gasteiger partial charge in [0.25, 0.3) is 0 Å². The van der Waals surface area contributed by atoms with Crippen LogP contribution in [0.25, 0.3) is 0 Å². The first-order chi connectivity index (χ1) is 5.49. The van der Waals surface area contributed by atoms with E-state index in [2.05, 4.69) is 0 Å².